The number of rotatable bonds is 2. The SMILES string of the molecule is CCOC(=O)c1c(N)cc(Br)cc1O. The van der Waals surface area contributed by atoms with Crippen LogP contribution in [-0.4, -0.2) is 17.7 Å². The predicted octanol–water partition coefficient (Wildman–Crippen LogP) is 1.91. The predicted molar refractivity (Wildman–Crippen MR) is 56.2 cm³/mol. The van der Waals surface area contributed by atoms with Crippen LogP contribution in [0.15, 0.2) is 16.6 Å². The molecule has 0 aliphatic heterocycles. The molecular formula is C9H10BrNO3. The summed E-state index contributed by atoms with van der Waals surface area (Å²) in [5.41, 5.74) is 5.76. The van der Waals surface area contributed by atoms with Crippen molar-refractivity contribution < 1.29 is 14.6 Å². The van der Waals surface area contributed by atoms with Gasteiger partial charge < -0.3 is 15.6 Å². The highest BCUT2D eigenvalue weighted by Gasteiger charge is 2.16. The largest absolute Gasteiger partial charge is 0.507 e. The number of carbonyl (C=O) groups excluding carboxylic acids is 1. The molecule has 0 aromatic heterocycles. The summed E-state index contributed by atoms with van der Waals surface area (Å²) in [5.74, 6) is -0.801. The fourth-order valence-electron chi connectivity index (χ4n) is 1.04. The van der Waals surface area contributed by atoms with Crippen molar-refractivity contribution >= 4 is 27.6 Å². The lowest BCUT2D eigenvalue weighted by Crippen LogP contribution is -2.08. The number of benzene rings is 1. The van der Waals surface area contributed by atoms with Gasteiger partial charge in [0.2, 0.25) is 0 Å². The second-order valence-corrected chi connectivity index (χ2v) is 3.53. The highest BCUT2D eigenvalue weighted by Crippen LogP contribution is 2.28. The van der Waals surface area contributed by atoms with Gasteiger partial charge in [-0.25, -0.2) is 4.79 Å². The first-order chi connectivity index (χ1) is 6.56. The second kappa shape index (κ2) is 4.32. The molecule has 0 amide bonds. The summed E-state index contributed by atoms with van der Waals surface area (Å²) in [5, 5.41) is 9.46. The average Bonchev–Trinajstić information content (AvgIpc) is 2.01. The number of hydrogen-bond acceptors (Lipinski definition) is 4. The molecule has 0 aliphatic carbocycles. The molecule has 0 saturated carbocycles. The van der Waals surface area contributed by atoms with Crippen LogP contribution in [0.2, 0.25) is 0 Å². The van der Waals surface area contributed by atoms with Gasteiger partial charge in [-0.15, -0.1) is 0 Å². The molecule has 0 bridgehead atoms. The summed E-state index contributed by atoms with van der Waals surface area (Å²) in [7, 11) is 0. The van der Waals surface area contributed by atoms with Gasteiger partial charge in [-0.3, -0.25) is 0 Å². The number of aromatic hydroxyl groups is 1. The van der Waals surface area contributed by atoms with E-state index in [0.717, 1.165) is 0 Å². The Balaban J connectivity index is 3.14. The van der Waals surface area contributed by atoms with Crippen LogP contribution in [0.3, 0.4) is 0 Å². The van der Waals surface area contributed by atoms with Crippen LogP contribution in [0.25, 0.3) is 0 Å². The topological polar surface area (TPSA) is 72.5 Å². The molecule has 3 N–H and O–H groups in total. The van der Waals surface area contributed by atoms with E-state index < -0.39 is 5.97 Å². The van der Waals surface area contributed by atoms with E-state index in [1.54, 1.807) is 6.92 Å². The number of carbonyl (C=O) groups is 1. The number of esters is 1. The van der Waals surface area contributed by atoms with E-state index in [-0.39, 0.29) is 23.6 Å². The molecule has 1 rings (SSSR count). The maximum absolute atomic E-state index is 11.3. The first-order valence-corrected chi connectivity index (χ1v) is 4.80. The van der Waals surface area contributed by atoms with Crippen LogP contribution in [-0.2, 0) is 4.74 Å². The van der Waals surface area contributed by atoms with Crippen LogP contribution in [0, 0.1) is 0 Å². The number of phenols is 1. The number of anilines is 1. The lowest BCUT2D eigenvalue weighted by molar-refractivity contribution is 0.0524. The Morgan fingerprint density at radius 1 is 1.64 bits per heavy atom. The molecule has 1 aromatic rings. The Labute approximate surface area is 89.8 Å². The summed E-state index contributed by atoms with van der Waals surface area (Å²) in [6, 6.07) is 2.93. The van der Waals surface area contributed by atoms with Gasteiger partial charge in [-0.1, -0.05) is 15.9 Å². The van der Waals surface area contributed by atoms with Crippen LogP contribution in [0.4, 0.5) is 5.69 Å². The molecule has 76 valence electrons. The molecule has 0 heterocycles. The second-order valence-electron chi connectivity index (χ2n) is 2.61. The molecule has 1 aromatic carbocycles. The van der Waals surface area contributed by atoms with Crippen LogP contribution in [0.1, 0.15) is 17.3 Å². The molecule has 0 aliphatic rings. The molecule has 0 fully saturated rings. The van der Waals surface area contributed by atoms with Gasteiger partial charge in [-0.05, 0) is 19.1 Å². The monoisotopic (exact) mass is 259 g/mol. The van der Waals surface area contributed by atoms with Crippen molar-refractivity contribution in [2.45, 2.75) is 6.92 Å². The van der Waals surface area contributed by atoms with Gasteiger partial charge in [0, 0.05) is 4.47 Å². The van der Waals surface area contributed by atoms with Crippen molar-refractivity contribution in [3.63, 3.8) is 0 Å². The molecule has 0 radical (unpaired) electrons. The number of ether oxygens (including phenoxy) is 1. The lowest BCUT2D eigenvalue weighted by atomic mass is 10.1. The first kappa shape index (κ1) is 10.8. The van der Waals surface area contributed by atoms with Crippen LogP contribution >= 0.6 is 15.9 Å². The highest BCUT2D eigenvalue weighted by atomic mass is 79.9. The van der Waals surface area contributed by atoms with Crippen molar-refractivity contribution in [1.29, 1.82) is 0 Å². The fraction of sp³-hybridized carbons (Fsp3) is 0.222. The van der Waals surface area contributed by atoms with Crippen molar-refractivity contribution in [2.24, 2.45) is 0 Å². The zero-order chi connectivity index (χ0) is 10.7. The Morgan fingerprint density at radius 3 is 2.79 bits per heavy atom. The number of hydrogen-bond donors (Lipinski definition) is 2. The Kier molecular flexibility index (Phi) is 3.35. The van der Waals surface area contributed by atoms with Gasteiger partial charge >= 0.3 is 5.97 Å². The quantitative estimate of drug-likeness (QED) is 0.629. The molecule has 0 atom stereocenters. The molecule has 5 heteroatoms. The highest BCUT2D eigenvalue weighted by molar-refractivity contribution is 9.10. The Bertz CT molecular complexity index is 342. The summed E-state index contributed by atoms with van der Waals surface area (Å²) in [6.45, 7) is 1.93. The van der Waals surface area contributed by atoms with Crippen molar-refractivity contribution in [2.75, 3.05) is 12.3 Å². The van der Waals surface area contributed by atoms with E-state index in [2.05, 4.69) is 15.9 Å². The van der Waals surface area contributed by atoms with Gasteiger partial charge in [0.25, 0.3) is 0 Å². The smallest absolute Gasteiger partial charge is 0.344 e. The van der Waals surface area contributed by atoms with Crippen LogP contribution in [0.5, 0.6) is 5.75 Å². The van der Waals surface area contributed by atoms with Gasteiger partial charge in [0.1, 0.15) is 11.3 Å². The molecule has 14 heavy (non-hydrogen) atoms. The number of phenolic OH excluding ortho intramolecular Hbond substituents is 1. The molecular weight excluding hydrogens is 250 g/mol. The van der Waals surface area contributed by atoms with E-state index >= 15 is 0 Å². The molecule has 0 unspecified atom stereocenters. The van der Waals surface area contributed by atoms with Crippen molar-refractivity contribution in [1.82, 2.24) is 0 Å². The van der Waals surface area contributed by atoms with E-state index in [4.69, 9.17) is 10.5 Å². The minimum atomic E-state index is -0.616. The van der Waals surface area contributed by atoms with Crippen molar-refractivity contribution in [3.05, 3.63) is 22.2 Å². The molecule has 4 nitrogen and oxygen atoms in total. The van der Waals surface area contributed by atoms with E-state index in [1.807, 2.05) is 0 Å². The maximum Gasteiger partial charge on any atom is 0.344 e. The minimum Gasteiger partial charge on any atom is -0.507 e. The zero-order valence-corrected chi connectivity index (χ0v) is 9.17. The third-order valence-electron chi connectivity index (χ3n) is 1.59. The summed E-state index contributed by atoms with van der Waals surface area (Å²) < 4.78 is 5.35. The number of nitrogen functional groups attached to an aromatic ring is 1. The molecule has 0 saturated heterocycles. The fourth-order valence-corrected chi connectivity index (χ4v) is 1.50. The number of halogens is 1. The Morgan fingerprint density at radius 2 is 2.29 bits per heavy atom. The minimum absolute atomic E-state index is 0.00931. The van der Waals surface area contributed by atoms with Crippen LogP contribution < -0.4 is 5.73 Å². The summed E-state index contributed by atoms with van der Waals surface area (Å²) in [6.07, 6.45) is 0. The third-order valence-corrected chi connectivity index (χ3v) is 2.05. The zero-order valence-electron chi connectivity index (χ0n) is 7.58. The van der Waals surface area contributed by atoms with E-state index in [0.29, 0.717) is 4.47 Å². The maximum atomic E-state index is 11.3. The number of nitrogens with two attached hydrogens (primary N) is 1. The summed E-state index contributed by atoms with van der Waals surface area (Å²) >= 11 is 3.14. The third kappa shape index (κ3) is 2.17. The van der Waals surface area contributed by atoms with Gasteiger partial charge in [0.05, 0.1) is 12.3 Å². The van der Waals surface area contributed by atoms with Crippen molar-refractivity contribution in [3.8, 4) is 5.75 Å². The average molecular weight is 260 g/mol. The standard InChI is InChI=1S/C9H10BrNO3/c1-2-14-9(13)8-6(11)3-5(10)4-7(8)12/h3-4,12H,2,11H2,1H3. The molecule has 0 spiro atoms. The van der Waals surface area contributed by atoms with E-state index in [9.17, 15) is 9.90 Å². The van der Waals surface area contributed by atoms with Gasteiger partial charge in [-0.2, -0.15) is 0 Å². The first-order valence-electron chi connectivity index (χ1n) is 4.01. The lowest BCUT2D eigenvalue weighted by Gasteiger charge is -2.07. The van der Waals surface area contributed by atoms with E-state index in [1.165, 1.54) is 12.1 Å². The van der Waals surface area contributed by atoms with Gasteiger partial charge in [0.15, 0.2) is 0 Å². The normalized spacial score (nSPS) is 9.86. The Hall–Kier alpha value is -1.23. The summed E-state index contributed by atoms with van der Waals surface area (Å²) in [4.78, 5) is 11.3.